The van der Waals surface area contributed by atoms with E-state index in [0.29, 0.717) is 13.1 Å². The first-order valence-corrected chi connectivity index (χ1v) is 8.12. The molecule has 0 saturated heterocycles. The molecule has 0 aliphatic heterocycles. The number of carbonyl (C=O) groups is 2. The molecule has 4 nitrogen and oxygen atoms in total. The van der Waals surface area contributed by atoms with E-state index < -0.39 is 0 Å². The summed E-state index contributed by atoms with van der Waals surface area (Å²) in [5.41, 5.74) is 1.21. The Morgan fingerprint density at radius 2 is 1.64 bits per heavy atom. The quantitative estimate of drug-likeness (QED) is 0.771. The maximum absolute atomic E-state index is 11.7. The highest BCUT2D eigenvalue weighted by molar-refractivity contribution is 7.14. The molecule has 0 aliphatic carbocycles. The van der Waals surface area contributed by atoms with E-state index >= 15 is 0 Å². The number of carbonyl (C=O) groups excluding carboxylic acids is 2. The molecule has 116 valence electrons. The number of hydrogen-bond acceptors (Lipinski definition) is 3. The van der Waals surface area contributed by atoms with E-state index in [1.165, 1.54) is 16.9 Å². The molecule has 5 heteroatoms. The van der Waals surface area contributed by atoms with Gasteiger partial charge in [0.25, 0.3) is 0 Å². The lowest BCUT2D eigenvalue weighted by molar-refractivity contribution is 0.102. The number of thiophene rings is 1. The van der Waals surface area contributed by atoms with Crippen molar-refractivity contribution in [2.24, 2.45) is 0 Å². The van der Waals surface area contributed by atoms with Crippen LogP contribution in [0.1, 0.15) is 27.0 Å². The molecule has 0 aliphatic rings. The Morgan fingerprint density at radius 1 is 0.955 bits per heavy atom. The molecule has 0 bridgehead atoms. The molecule has 0 fully saturated rings. The summed E-state index contributed by atoms with van der Waals surface area (Å²) in [5, 5.41) is 5.67. The van der Waals surface area contributed by atoms with Gasteiger partial charge in [0.15, 0.2) is 5.78 Å². The van der Waals surface area contributed by atoms with E-state index in [2.05, 4.69) is 10.6 Å². The number of Topliss-reactive ketones (excluding diaryl/α,β-unsaturated/α-hetero) is 1. The van der Waals surface area contributed by atoms with Crippen LogP contribution in [0.15, 0.2) is 42.5 Å². The van der Waals surface area contributed by atoms with Crippen molar-refractivity contribution in [3.8, 4) is 0 Å². The van der Waals surface area contributed by atoms with Gasteiger partial charge in [-0.1, -0.05) is 30.3 Å². The molecular weight excluding hydrogens is 296 g/mol. The molecule has 1 heterocycles. The van der Waals surface area contributed by atoms with Crippen molar-refractivity contribution in [2.45, 2.75) is 19.8 Å². The minimum absolute atomic E-state index is 0.0860. The predicted molar refractivity (Wildman–Crippen MR) is 89.6 cm³/mol. The van der Waals surface area contributed by atoms with Gasteiger partial charge >= 0.3 is 6.03 Å². The summed E-state index contributed by atoms with van der Waals surface area (Å²) < 4.78 is 0. The Labute approximate surface area is 134 Å². The summed E-state index contributed by atoms with van der Waals surface area (Å²) >= 11 is 1.49. The van der Waals surface area contributed by atoms with Gasteiger partial charge in [0.2, 0.25) is 0 Å². The maximum atomic E-state index is 11.7. The largest absolute Gasteiger partial charge is 0.338 e. The first-order valence-electron chi connectivity index (χ1n) is 7.30. The van der Waals surface area contributed by atoms with E-state index in [1.807, 2.05) is 42.5 Å². The lowest BCUT2D eigenvalue weighted by Gasteiger charge is -2.07. The van der Waals surface area contributed by atoms with E-state index in [1.54, 1.807) is 6.92 Å². The van der Waals surface area contributed by atoms with Gasteiger partial charge in [0, 0.05) is 18.0 Å². The van der Waals surface area contributed by atoms with Gasteiger partial charge in [0.1, 0.15) is 0 Å². The lowest BCUT2D eigenvalue weighted by atomic mass is 10.1. The summed E-state index contributed by atoms with van der Waals surface area (Å²) in [5.74, 6) is 0.0860. The van der Waals surface area contributed by atoms with Gasteiger partial charge in [-0.3, -0.25) is 4.79 Å². The van der Waals surface area contributed by atoms with Crippen LogP contribution in [0.25, 0.3) is 0 Å². The highest BCUT2D eigenvalue weighted by Crippen LogP contribution is 2.16. The summed E-state index contributed by atoms with van der Waals surface area (Å²) in [6.45, 7) is 2.74. The second-order valence-corrected chi connectivity index (χ2v) is 6.16. The van der Waals surface area contributed by atoms with Crippen molar-refractivity contribution < 1.29 is 9.59 Å². The Balaban J connectivity index is 1.62. The number of hydrogen-bond donors (Lipinski definition) is 2. The summed E-state index contributed by atoms with van der Waals surface area (Å²) in [6, 6.07) is 13.7. The summed E-state index contributed by atoms with van der Waals surface area (Å²) in [6.07, 6.45) is 1.56. The zero-order valence-corrected chi connectivity index (χ0v) is 13.4. The van der Waals surface area contributed by atoms with Crippen molar-refractivity contribution in [3.05, 3.63) is 57.8 Å². The van der Waals surface area contributed by atoms with Crippen molar-refractivity contribution in [2.75, 3.05) is 13.1 Å². The minimum Gasteiger partial charge on any atom is -0.338 e. The average Bonchev–Trinajstić information content (AvgIpc) is 2.97. The molecule has 2 N–H and O–H groups in total. The van der Waals surface area contributed by atoms with Gasteiger partial charge in [-0.05, 0) is 37.5 Å². The SMILES string of the molecule is CC(=O)c1ccc(CCNC(=O)NCCc2ccccc2)s1. The van der Waals surface area contributed by atoms with E-state index in [9.17, 15) is 9.59 Å². The third-order valence-corrected chi connectivity index (χ3v) is 4.45. The number of urea groups is 1. The third kappa shape index (κ3) is 5.33. The number of rotatable bonds is 7. The van der Waals surface area contributed by atoms with Crippen LogP contribution in [0.4, 0.5) is 4.79 Å². The van der Waals surface area contributed by atoms with Crippen LogP contribution < -0.4 is 10.6 Å². The van der Waals surface area contributed by atoms with Crippen LogP contribution in [0.2, 0.25) is 0 Å². The molecule has 22 heavy (non-hydrogen) atoms. The number of amides is 2. The molecule has 2 rings (SSSR count). The summed E-state index contributed by atoms with van der Waals surface area (Å²) in [4.78, 5) is 24.7. The van der Waals surface area contributed by atoms with E-state index in [4.69, 9.17) is 0 Å². The highest BCUT2D eigenvalue weighted by atomic mass is 32.1. The molecule has 2 amide bonds. The first kappa shape index (κ1) is 16.2. The van der Waals surface area contributed by atoms with Gasteiger partial charge in [-0.2, -0.15) is 0 Å². The molecule has 0 saturated carbocycles. The molecular formula is C17H20N2O2S. The van der Waals surface area contributed by atoms with Crippen LogP contribution in [-0.4, -0.2) is 24.9 Å². The van der Waals surface area contributed by atoms with Gasteiger partial charge < -0.3 is 10.6 Å². The number of ketones is 1. The normalized spacial score (nSPS) is 10.2. The fourth-order valence-electron chi connectivity index (χ4n) is 2.03. The molecule has 0 spiro atoms. The van der Waals surface area contributed by atoms with Crippen LogP contribution in [0, 0.1) is 0 Å². The molecule has 0 atom stereocenters. The Kier molecular flexibility index (Phi) is 6.15. The smallest absolute Gasteiger partial charge is 0.314 e. The van der Waals surface area contributed by atoms with E-state index in [0.717, 1.165) is 22.6 Å². The zero-order chi connectivity index (χ0) is 15.8. The fraction of sp³-hybridized carbons (Fsp3) is 0.294. The number of nitrogens with one attached hydrogen (secondary N) is 2. The summed E-state index contributed by atoms with van der Waals surface area (Å²) in [7, 11) is 0. The Bertz CT molecular complexity index is 623. The zero-order valence-electron chi connectivity index (χ0n) is 12.6. The topological polar surface area (TPSA) is 58.2 Å². The third-order valence-electron chi connectivity index (χ3n) is 3.21. The molecule has 0 unspecified atom stereocenters. The Morgan fingerprint density at radius 3 is 2.27 bits per heavy atom. The lowest BCUT2D eigenvalue weighted by Crippen LogP contribution is -2.37. The molecule has 1 aromatic carbocycles. The molecule has 0 radical (unpaired) electrons. The maximum Gasteiger partial charge on any atom is 0.314 e. The fourth-order valence-corrected chi connectivity index (χ4v) is 2.93. The second kappa shape index (κ2) is 8.34. The highest BCUT2D eigenvalue weighted by Gasteiger charge is 2.05. The van der Waals surface area contributed by atoms with Crippen molar-refractivity contribution in [1.29, 1.82) is 0 Å². The standard InChI is InChI=1S/C17H20N2O2S/c1-13(20)16-8-7-15(22-16)10-12-19-17(21)18-11-9-14-5-3-2-4-6-14/h2-8H,9-12H2,1H3,(H2,18,19,21). The Hall–Kier alpha value is -2.14. The van der Waals surface area contributed by atoms with Crippen LogP contribution in [-0.2, 0) is 12.8 Å². The van der Waals surface area contributed by atoms with Crippen molar-refractivity contribution in [3.63, 3.8) is 0 Å². The second-order valence-electron chi connectivity index (χ2n) is 4.99. The van der Waals surface area contributed by atoms with Crippen LogP contribution in [0.3, 0.4) is 0 Å². The van der Waals surface area contributed by atoms with Gasteiger partial charge in [-0.25, -0.2) is 4.79 Å². The number of benzene rings is 1. The van der Waals surface area contributed by atoms with Gasteiger partial charge in [-0.15, -0.1) is 11.3 Å². The van der Waals surface area contributed by atoms with Crippen LogP contribution in [0.5, 0.6) is 0 Å². The van der Waals surface area contributed by atoms with E-state index in [-0.39, 0.29) is 11.8 Å². The van der Waals surface area contributed by atoms with Crippen molar-refractivity contribution >= 4 is 23.2 Å². The molecule has 1 aromatic heterocycles. The minimum atomic E-state index is -0.153. The first-order chi connectivity index (χ1) is 10.6. The van der Waals surface area contributed by atoms with Crippen molar-refractivity contribution in [1.82, 2.24) is 10.6 Å². The van der Waals surface area contributed by atoms with Crippen LogP contribution >= 0.6 is 11.3 Å². The monoisotopic (exact) mass is 316 g/mol. The predicted octanol–water partition coefficient (Wildman–Crippen LogP) is 3.04. The molecule has 2 aromatic rings. The van der Waals surface area contributed by atoms with Gasteiger partial charge in [0.05, 0.1) is 4.88 Å². The average molecular weight is 316 g/mol.